The number of amides is 1. The summed E-state index contributed by atoms with van der Waals surface area (Å²) in [6, 6.07) is 9.68. The molecule has 0 bridgehead atoms. The maximum Gasteiger partial charge on any atom is 0.405 e. The first-order valence-electron chi connectivity index (χ1n) is 8.00. The van der Waals surface area contributed by atoms with Crippen LogP contribution in [0.25, 0.3) is 0 Å². The summed E-state index contributed by atoms with van der Waals surface area (Å²) in [5.41, 5.74) is 5.36. The Balaban J connectivity index is 0.000000609. The fraction of sp³-hybridized carbons (Fsp3) is 0.500. The molecule has 0 spiro atoms. The van der Waals surface area contributed by atoms with Crippen LogP contribution in [0.2, 0.25) is 0 Å². The zero-order valence-corrected chi connectivity index (χ0v) is 15.0. The fourth-order valence-corrected chi connectivity index (χ4v) is 1.67. The maximum absolute atomic E-state index is 11.3. The van der Waals surface area contributed by atoms with Gasteiger partial charge in [-0.1, -0.05) is 30.3 Å². The van der Waals surface area contributed by atoms with Gasteiger partial charge in [0.1, 0.15) is 5.60 Å². The molecule has 0 aliphatic rings. The summed E-state index contributed by atoms with van der Waals surface area (Å²) in [5.74, 6) is -1.15. The Morgan fingerprint density at radius 3 is 2.12 bits per heavy atom. The first kappa shape index (κ1) is 22.4. The summed E-state index contributed by atoms with van der Waals surface area (Å²) in [7, 11) is 0. The lowest BCUT2D eigenvalue weighted by atomic mass is 10.1. The zero-order chi connectivity index (χ0) is 19.3. The Kier molecular flexibility index (Phi) is 10.7. The van der Waals surface area contributed by atoms with Crippen molar-refractivity contribution in [2.24, 2.45) is 5.73 Å². The second kappa shape index (κ2) is 11.9. The summed E-state index contributed by atoms with van der Waals surface area (Å²) in [6.07, 6.45) is 0.658. The van der Waals surface area contributed by atoms with E-state index in [0.717, 1.165) is 5.56 Å². The lowest BCUT2D eigenvalue weighted by molar-refractivity contribution is -0.145. The predicted octanol–water partition coefficient (Wildman–Crippen LogP) is 2.91. The predicted molar refractivity (Wildman–Crippen MR) is 93.0 cm³/mol. The first-order valence-corrected chi connectivity index (χ1v) is 8.00. The maximum atomic E-state index is 11.3. The van der Waals surface area contributed by atoms with E-state index in [9.17, 15) is 14.4 Å². The molecule has 140 valence electrons. The third kappa shape index (κ3) is 16.1. The summed E-state index contributed by atoms with van der Waals surface area (Å²) in [5, 5.41) is 8.39. The molecule has 0 aromatic heterocycles. The number of esters is 1. The summed E-state index contributed by atoms with van der Waals surface area (Å²) >= 11 is 0. The number of primary amides is 1. The van der Waals surface area contributed by atoms with E-state index >= 15 is 0 Å². The minimum atomic E-state index is -0.870. The molecule has 1 aromatic carbocycles. The number of hydrogen-bond acceptors (Lipinski definition) is 5. The minimum Gasteiger partial charge on any atom is -0.481 e. The number of rotatable bonds is 7. The third-order valence-electron chi connectivity index (χ3n) is 2.67. The van der Waals surface area contributed by atoms with Crippen LogP contribution >= 0.6 is 0 Å². The van der Waals surface area contributed by atoms with Crippen molar-refractivity contribution < 1.29 is 29.0 Å². The van der Waals surface area contributed by atoms with Crippen molar-refractivity contribution in [1.82, 2.24) is 0 Å². The van der Waals surface area contributed by atoms with Gasteiger partial charge in [0, 0.05) is 12.8 Å². The van der Waals surface area contributed by atoms with Crippen LogP contribution in [0.1, 0.15) is 45.6 Å². The van der Waals surface area contributed by atoms with Gasteiger partial charge in [-0.15, -0.1) is 0 Å². The number of carbonyl (C=O) groups excluding carboxylic acids is 2. The van der Waals surface area contributed by atoms with E-state index in [1.165, 1.54) is 0 Å². The second-order valence-electron chi connectivity index (χ2n) is 6.24. The Hall–Kier alpha value is -2.57. The van der Waals surface area contributed by atoms with E-state index in [0.29, 0.717) is 19.3 Å². The average Bonchev–Trinajstić information content (AvgIpc) is 2.48. The molecule has 0 radical (unpaired) electrons. The Labute approximate surface area is 148 Å². The lowest BCUT2D eigenvalue weighted by Gasteiger charge is -2.16. The Bertz CT molecular complexity index is 536. The molecular weight excluding hydrogens is 326 g/mol. The van der Waals surface area contributed by atoms with E-state index in [1.54, 1.807) is 20.8 Å². The van der Waals surface area contributed by atoms with E-state index in [1.807, 2.05) is 30.3 Å². The quantitative estimate of drug-likeness (QED) is 0.575. The number of hydrogen-bond donors (Lipinski definition) is 2. The van der Waals surface area contributed by atoms with Crippen molar-refractivity contribution in [2.75, 3.05) is 6.61 Å². The number of ether oxygens (including phenoxy) is 2. The minimum absolute atomic E-state index is 0.0337. The van der Waals surface area contributed by atoms with E-state index in [4.69, 9.17) is 15.6 Å². The van der Waals surface area contributed by atoms with Crippen molar-refractivity contribution >= 4 is 18.0 Å². The van der Waals surface area contributed by atoms with Crippen LogP contribution in [0.5, 0.6) is 0 Å². The summed E-state index contributed by atoms with van der Waals surface area (Å²) < 4.78 is 9.49. The summed E-state index contributed by atoms with van der Waals surface area (Å²) in [6.45, 7) is 5.47. The lowest BCUT2D eigenvalue weighted by Crippen LogP contribution is -2.27. The van der Waals surface area contributed by atoms with Crippen LogP contribution in [0.3, 0.4) is 0 Å². The largest absolute Gasteiger partial charge is 0.481 e. The standard InChI is InChI=1S/C13H16O4.C5H11NO2/c14-12(15)7-4-10-17-13(16)9-8-11-5-2-1-3-6-11;1-5(2,3)8-4(6)7/h1-3,5-6H,4,7-10H2,(H,14,15);1-3H3,(H2,6,7). The van der Waals surface area contributed by atoms with Crippen molar-refractivity contribution in [1.29, 1.82) is 0 Å². The number of carboxylic acid groups (broad SMARTS) is 1. The second-order valence-corrected chi connectivity index (χ2v) is 6.24. The summed E-state index contributed by atoms with van der Waals surface area (Å²) in [4.78, 5) is 31.5. The molecular formula is C18H27NO6. The van der Waals surface area contributed by atoms with Crippen LogP contribution in [0, 0.1) is 0 Å². The molecule has 25 heavy (non-hydrogen) atoms. The molecule has 0 unspecified atom stereocenters. The van der Waals surface area contributed by atoms with Gasteiger partial charge in [0.2, 0.25) is 0 Å². The molecule has 7 heteroatoms. The van der Waals surface area contributed by atoms with Crippen molar-refractivity contribution in [3.05, 3.63) is 35.9 Å². The number of carbonyl (C=O) groups is 3. The normalized spacial score (nSPS) is 10.2. The molecule has 0 fully saturated rings. The van der Waals surface area contributed by atoms with Crippen LogP contribution in [0.15, 0.2) is 30.3 Å². The molecule has 1 rings (SSSR count). The topological polar surface area (TPSA) is 116 Å². The van der Waals surface area contributed by atoms with Gasteiger partial charge in [0.05, 0.1) is 6.61 Å². The van der Waals surface area contributed by atoms with Gasteiger partial charge in [-0.25, -0.2) is 4.79 Å². The van der Waals surface area contributed by atoms with Crippen molar-refractivity contribution in [2.45, 2.75) is 52.1 Å². The Morgan fingerprint density at radius 2 is 1.68 bits per heavy atom. The number of aliphatic carboxylic acids is 1. The molecule has 1 amide bonds. The van der Waals surface area contributed by atoms with Crippen LogP contribution in [-0.4, -0.2) is 35.3 Å². The molecule has 0 saturated heterocycles. The number of carboxylic acids is 1. The van der Waals surface area contributed by atoms with Crippen LogP contribution < -0.4 is 5.73 Å². The SMILES string of the molecule is CC(C)(C)OC(N)=O.O=C(O)CCCOC(=O)CCc1ccccc1. The highest BCUT2D eigenvalue weighted by atomic mass is 16.6. The number of aryl methyl sites for hydroxylation is 1. The van der Waals surface area contributed by atoms with Gasteiger partial charge in [0.25, 0.3) is 0 Å². The highest BCUT2D eigenvalue weighted by Crippen LogP contribution is 2.05. The van der Waals surface area contributed by atoms with Gasteiger partial charge in [0.15, 0.2) is 0 Å². The monoisotopic (exact) mass is 353 g/mol. The van der Waals surface area contributed by atoms with E-state index in [-0.39, 0.29) is 19.0 Å². The molecule has 3 N–H and O–H groups in total. The molecule has 0 aliphatic carbocycles. The first-order chi connectivity index (χ1) is 11.6. The zero-order valence-electron chi connectivity index (χ0n) is 15.0. The molecule has 0 saturated carbocycles. The van der Waals surface area contributed by atoms with Crippen LogP contribution in [-0.2, 0) is 25.5 Å². The highest BCUT2D eigenvalue weighted by molar-refractivity contribution is 5.70. The number of nitrogens with two attached hydrogens (primary N) is 1. The van der Waals surface area contributed by atoms with E-state index in [2.05, 4.69) is 4.74 Å². The Morgan fingerprint density at radius 1 is 1.08 bits per heavy atom. The molecule has 0 heterocycles. The van der Waals surface area contributed by atoms with Gasteiger partial charge in [-0.2, -0.15) is 0 Å². The molecule has 0 atom stereocenters. The smallest absolute Gasteiger partial charge is 0.405 e. The van der Waals surface area contributed by atoms with Gasteiger partial charge < -0.3 is 20.3 Å². The highest BCUT2D eigenvalue weighted by Gasteiger charge is 2.12. The van der Waals surface area contributed by atoms with Gasteiger partial charge in [-0.3, -0.25) is 9.59 Å². The van der Waals surface area contributed by atoms with Gasteiger partial charge in [-0.05, 0) is 39.2 Å². The average molecular weight is 353 g/mol. The number of benzene rings is 1. The van der Waals surface area contributed by atoms with Crippen molar-refractivity contribution in [3.8, 4) is 0 Å². The fourth-order valence-electron chi connectivity index (χ4n) is 1.67. The van der Waals surface area contributed by atoms with E-state index < -0.39 is 17.7 Å². The molecule has 1 aromatic rings. The van der Waals surface area contributed by atoms with Gasteiger partial charge >= 0.3 is 18.0 Å². The van der Waals surface area contributed by atoms with Crippen LogP contribution in [0.4, 0.5) is 4.79 Å². The molecule has 0 aliphatic heterocycles. The third-order valence-corrected chi connectivity index (χ3v) is 2.67. The molecule has 7 nitrogen and oxygen atoms in total. The van der Waals surface area contributed by atoms with Crippen molar-refractivity contribution in [3.63, 3.8) is 0 Å².